The van der Waals surface area contributed by atoms with E-state index in [1.54, 1.807) is 24.3 Å². The van der Waals surface area contributed by atoms with Crippen molar-refractivity contribution in [3.8, 4) is 5.75 Å². The second-order valence-electron chi connectivity index (χ2n) is 5.11. The molecule has 0 bridgehead atoms. The van der Waals surface area contributed by atoms with Crippen molar-refractivity contribution < 1.29 is 18.3 Å². The molecule has 0 atom stereocenters. The van der Waals surface area contributed by atoms with Gasteiger partial charge in [0.1, 0.15) is 5.75 Å². The fourth-order valence-corrected chi connectivity index (χ4v) is 2.87. The topological polar surface area (TPSA) is 74.7 Å². The van der Waals surface area contributed by atoms with Gasteiger partial charge in [0.25, 0.3) is 0 Å². The Morgan fingerprint density at radius 2 is 1.78 bits per heavy atom. The van der Waals surface area contributed by atoms with Crippen LogP contribution >= 0.6 is 0 Å². The molecule has 0 unspecified atom stereocenters. The van der Waals surface area contributed by atoms with Crippen molar-refractivity contribution >= 4 is 21.9 Å². The van der Waals surface area contributed by atoms with E-state index in [0.717, 1.165) is 4.31 Å². The summed E-state index contributed by atoms with van der Waals surface area (Å²) < 4.78 is 25.3. The molecule has 23 heavy (non-hydrogen) atoms. The zero-order valence-corrected chi connectivity index (χ0v) is 13.6. The lowest BCUT2D eigenvalue weighted by atomic mass is 10.1. The largest absolute Gasteiger partial charge is 0.508 e. The number of phenols is 1. The van der Waals surface area contributed by atoms with E-state index in [4.69, 9.17) is 0 Å². The fraction of sp³-hybridized carbons (Fsp3) is 0.118. The molecule has 0 fully saturated rings. The molecule has 0 amide bonds. The number of carbonyl (C=O) groups excluding carboxylic acids is 1. The summed E-state index contributed by atoms with van der Waals surface area (Å²) >= 11 is 0. The van der Waals surface area contributed by atoms with Crippen LogP contribution in [-0.4, -0.2) is 37.7 Å². The van der Waals surface area contributed by atoms with Crippen molar-refractivity contribution in [2.45, 2.75) is 4.90 Å². The summed E-state index contributed by atoms with van der Waals surface area (Å²) in [5.74, 6) is -0.206. The van der Waals surface area contributed by atoms with Crippen molar-refractivity contribution in [2.24, 2.45) is 0 Å². The van der Waals surface area contributed by atoms with Gasteiger partial charge in [0.15, 0.2) is 5.78 Å². The molecule has 2 aromatic rings. The Morgan fingerprint density at radius 3 is 2.43 bits per heavy atom. The summed E-state index contributed by atoms with van der Waals surface area (Å²) in [6, 6.07) is 12.4. The van der Waals surface area contributed by atoms with Crippen LogP contribution in [0.3, 0.4) is 0 Å². The number of ketones is 1. The maximum atomic E-state index is 12.2. The smallest absolute Gasteiger partial charge is 0.242 e. The van der Waals surface area contributed by atoms with Crippen molar-refractivity contribution in [1.29, 1.82) is 0 Å². The summed E-state index contributed by atoms with van der Waals surface area (Å²) in [5, 5.41) is 9.38. The number of phenolic OH excluding ortho intramolecular Hbond substituents is 1. The third kappa shape index (κ3) is 4.06. The van der Waals surface area contributed by atoms with Crippen LogP contribution in [0, 0.1) is 0 Å². The van der Waals surface area contributed by atoms with E-state index >= 15 is 0 Å². The number of carbonyl (C=O) groups is 1. The molecule has 2 rings (SSSR count). The molecule has 120 valence electrons. The minimum Gasteiger partial charge on any atom is -0.508 e. The summed E-state index contributed by atoms with van der Waals surface area (Å²) in [6.45, 7) is 0. The average molecular weight is 331 g/mol. The highest BCUT2D eigenvalue weighted by Crippen LogP contribution is 2.16. The van der Waals surface area contributed by atoms with Gasteiger partial charge in [-0.3, -0.25) is 4.79 Å². The molecular formula is C17H17NO4S. The van der Waals surface area contributed by atoms with Gasteiger partial charge < -0.3 is 5.11 Å². The molecule has 5 nitrogen and oxygen atoms in total. The first-order valence-corrected chi connectivity index (χ1v) is 8.29. The minimum absolute atomic E-state index is 0.0686. The summed E-state index contributed by atoms with van der Waals surface area (Å²) in [7, 11) is -0.709. The third-order valence-corrected chi connectivity index (χ3v) is 5.01. The molecule has 0 spiro atoms. The second kappa shape index (κ2) is 6.76. The SMILES string of the molecule is CN(C)S(=O)(=O)c1cccc(C(=O)/C=C\c2cccc(O)c2)c1. The van der Waals surface area contributed by atoms with Crippen molar-refractivity contribution in [3.05, 3.63) is 65.7 Å². The highest BCUT2D eigenvalue weighted by molar-refractivity contribution is 7.89. The van der Waals surface area contributed by atoms with E-state index in [2.05, 4.69) is 0 Å². The molecular weight excluding hydrogens is 314 g/mol. The first-order chi connectivity index (χ1) is 10.8. The van der Waals surface area contributed by atoms with Crippen molar-refractivity contribution in [1.82, 2.24) is 4.31 Å². The van der Waals surface area contributed by atoms with Gasteiger partial charge in [-0.1, -0.05) is 30.3 Å². The standard InChI is InChI=1S/C17H17NO4S/c1-18(2)23(21,22)16-8-4-6-14(12-16)17(20)10-9-13-5-3-7-15(19)11-13/h3-12,19H,1-2H3/b10-9-. The molecule has 0 aliphatic carbocycles. The molecule has 0 aromatic heterocycles. The average Bonchev–Trinajstić information content (AvgIpc) is 2.52. The molecule has 0 heterocycles. The van der Waals surface area contributed by atoms with Gasteiger partial charge in [-0.25, -0.2) is 12.7 Å². The van der Waals surface area contributed by atoms with Gasteiger partial charge >= 0.3 is 0 Å². The lowest BCUT2D eigenvalue weighted by Crippen LogP contribution is -2.22. The number of sulfonamides is 1. The molecule has 0 radical (unpaired) electrons. The predicted octanol–water partition coefficient (Wildman–Crippen LogP) is 2.54. The van der Waals surface area contributed by atoms with Gasteiger partial charge in [-0.05, 0) is 35.9 Å². The Hall–Kier alpha value is -2.44. The number of aromatic hydroxyl groups is 1. The third-order valence-electron chi connectivity index (χ3n) is 3.19. The molecule has 0 aliphatic heterocycles. The van der Waals surface area contributed by atoms with Crippen LogP contribution in [0.4, 0.5) is 0 Å². The van der Waals surface area contributed by atoms with Crippen LogP contribution < -0.4 is 0 Å². The van der Waals surface area contributed by atoms with E-state index in [-0.39, 0.29) is 22.0 Å². The second-order valence-corrected chi connectivity index (χ2v) is 7.26. The number of hydrogen-bond donors (Lipinski definition) is 1. The molecule has 1 N–H and O–H groups in total. The quantitative estimate of drug-likeness (QED) is 0.675. The van der Waals surface area contributed by atoms with E-state index in [0.29, 0.717) is 5.56 Å². The van der Waals surface area contributed by atoms with Gasteiger partial charge in [0.05, 0.1) is 4.90 Å². The Labute approximate surface area is 135 Å². The lowest BCUT2D eigenvalue weighted by molar-refractivity contribution is 0.104. The Bertz CT molecular complexity index is 854. The van der Waals surface area contributed by atoms with Crippen LogP contribution in [0.15, 0.2) is 59.5 Å². The minimum atomic E-state index is -3.58. The molecule has 0 aliphatic rings. The molecule has 2 aromatic carbocycles. The molecule has 0 saturated heterocycles. The van der Waals surface area contributed by atoms with Crippen LogP contribution in [0.5, 0.6) is 5.75 Å². The van der Waals surface area contributed by atoms with Gasteiger partial charge in [-0.15, -0.1) is 0 Å². The molecule has 6 heteroatoms. The highest BCUT2D eigenvalue weighted by atomic mass is 32.2. The van der Waals surface area contributed by atoms with Crippen molar-refractivity contribution in [2.75, 3.05) is 14.1 Å². The van der Waals surface area contributed by atoms with E-state index in [1.165, 1.54) is 50.5 Å². The van der Waals surface area contributed by atoms with E-state index in [1.807, 2.05) is 0 Å². The highest BCUT2D eigenvalue weighted by Gasteiger charge is 2.18. The molecule has 0 saturated carbocycles. The zero-order chi connectivity index (χ0) is 17.0. The summed E-state index contributed by atoms with van der Waals surface area (Å²) in [5.41, 5.74) is 0.958. The maximum Gasteiger partial charge on any atom is 0.242 e. The Balaban J connectivity index is 2.27. The van der Waals surface area contributed by atoms with Crippen LogP contribution in [0.2, 0.25) is 0 Å². The monoisotopic (exact) mass is 331 g/mol. The number of rotatable bonds is 5. The van der Waals surface area contributed by atoms with Gasteiger partial charge in [-0.2, -0.15) is 0 Å². The number of benzene rings is 2. The summed E-state index contributed by atoms with van der Waals surface area (Å²) in [4.78, 5) is 12.3. The predicted molar refractivity (Wildman–Crippen MR) is 88.8 cm³/mol. The fourth-order valence-electron chi connectivity index (χ4n) is 1.92. The Morgan fingerprint density at radius 1 is 1.09 bits per heavy atom. The zero-order valence-electron chi connectivity index (χ0n) is 12.8. The van der Waals surface area contributed by atoms with Crippen LogP contribution in [0.1, 0.15) is 15.9 Å². The summed E-state index contributed by atoms with van der Waals surface area (Å²) in [6.07, 6.45) is 2.91. The first kappa shape index (κ1) is 16.9. The van der Waals surface area contributed by atoms with Gasteiger partial charge in [0.2, 0.25) is 10.0 Å². The number of hydrogen-bond acceptors (Lipinski definition) is 4. The van der Waals surface area contributed by atoms with E-state index < -0.39 is 10.0 Å². The number of nitrogens with zero attached hydrogens (tertiary/aromatic N) is 1. The van der Waals surface area contributed by atoms with Crippen LogP contribution in [-0.2, 0) is 10.0 Å². The normalized spacial score (nSPS) is 12.0. The van der Waals surface area contributed by atoms with Crippen molar-refractivity contribution in [3.63, 3.8) is 0 Å². The van der Waals surface area contributed by atoms with E-state index in [9.17, 15) is 18.3 Å². The Kier molecular flexibility index (Phi) is 4.98. The van der Waals surface area contributed by atoms with Crippen LogP contribution in [0.25, 0.3) is 6.08 Å². The first-order valence-electron chi connectivity index (χ1n) is 6.85. The number of allylic oxidation sites excluding steroid dienone is 1. The maximum absolute atomic E-state index is 12.2. The van der Waals surface area contributed by atoms with Gasteiger partial charge in [0, 0.05) is 19.7 Å². The lowest BCUT2D eigenvalue weighted by Gasteiger charge is -2.11.